The molecule has 0 saturated carbocycles. The molecule has 1 aromatic rings. The van der Waals surface area contributed by atoms with Crippen LogP contribution in [0.1, 0.15) is 32.3 Å². The monoisotopic (exact) mass is 344 g/mol. The van der Waals surface area contributed by atoms with E-state index in [2.05, 4.69) is 24.0 Å². The summed E-state index contributed by atoms with van der Waals surface area (Å²) >= 11 is 0. The first kappa shape index (κ1) is 18.4. The van der Waals surface area contributed by atoms with Crippen molar-refractivity contribution in [2.75, 3.05) is 5.32 Å². The molecule has 1 aromatic carbocycles. The average Bonchev–Trinajstić information content (AvgIpc) is 2.86. The SMILES string of the molecule is CC(C)CCc1ccc(NC(=O)CC(=O)ON2C(=O)C=CC2=O)cc1. The van der Waals surface area contributed by atoms with E-state index in [0.717, 1.165) is 25.0 Å². The van der Waals surface area contributed by atoms with Crippen LogP contribution in [0.2, 0.25) is 0 Å². The molecule has 7 nitrogen and oxygen atoms in total. The van der Waals surface area contributed by atoms with Gasteiger partial charge >= 0.3 is 5.97 Å². The molecule has 0 aromatic heterocycles. The Morgan fingerprint density at radius 1 is 1.08 bits per heavy atom. The molecule has 2 rings (SSSR count). The van der Waals surface area contributed by atoms with Crippen LogP contribution in [0.15, 0.2) is 36.4 Å². The highest BCUT2D eigenvalue weighted by molar-refractivity contribution is 6.13. The number of hydrogen-bond acceptors (Lipinski definition) is 5. The van der Waals surface area contributed by atoms with Gasteiger partial charge in [-0.05, 0) is 36.5 Å². The quantitative estimate of drug-likeness (QED) is 0.603. The van der Waals surface area contributed by atoms with Crippen molar-refractivity contribution in [2.45, 2.75) is 33.1 Å². The number of rotatable bonds is 7. The zero-order valence-electron chi connectivity index (χ0n) is 14.2. The van der Waals surface area contributed by atoms with Gasteiger partial charge in [0.05, 0.1) is 0 Å². The van der Waals surface area contributed by atoms with Crippen molar-refractivity contribution in [3.05, 3.63) is 42.0 Å². The minimum absolute atomic E-state index is 0.319. The summed E-state index contributed by atoms with van der Waals surface area (Å²) in [5.74, 6) is -2.47. The summed E-state index contributed by atoms with van der Waals surface area (Å²) < 4.78 is 0. The second-order valence-electron chi connectivity index (χ2n) is 6.12. The molecule has 0 spiro atoms. The molecule has 25 heavy (non-hydrogen) atoms. The molecule has 0 radical (unpaired) electrons. The first-order valence-corrected chi connectivity index (χ1v) is 8.01. The Kier molecular flexibility index (Phi) is 6.05. The number of anilines is 1. The first-order chi connectivity index (χ1) is 11.8. The number of amides is 3. The first-order valence-electron chi connectivity index (χ1n) is 8.01. The zero-order chi connectivity index (χ0) is 18.4. The van der Waals surface area contributed by atoms with Crippen molar-refractivity contribution in [3.8, 4) is 0 Å². The molecule has 0 unspecified atom stereocenters. The summed E-state index contributed by atoms with van der Waals surface area (Å²) in [5.41, 5.74) is 1.73. The maximum Gasteiger partial charge on any atom is 0.342 e. The minimum atomic E-state index is -0.989. The van der Waals surface area contributed by atoms with E-state index < -0.39 is 30.1 Å². The molecule has 7 heteroatoms. The van der Waals surface area contributed by atoms with Crippen LogP contribution in [-0.2, 0) is 30.4 Å². The molecular formula is C18H20N2O5. The average molecular weight is 344 g/mol. The topological polar surface area (TPSA) is 92.8 Å². The molecule has 132 valence electrons. The summed E-state index contributed by atoms with van der Waals surface area (Å²) in [6.07, 6.45) is 3.41. The predicted molar refractivity (Wildman–Crippen MR) is 89.9 cm³/mol. The van der Waals surface area contributed by atoms with E-state index in [9.17, 15) is 19.2 Å². The molecule has 1 heterocycles. The Balaban J connectivity index is 1.80. The second-order valence-corrected chi connectivity index (χ2v) is 6.12. The number of carbonyl (C=O) groups is 4. The van der Waals surface area contributed by atoms with Gasteiger partial charge in [0.2, 0.25) is 5.91 Å². The molecule has 0 fully saturated rings. The van der Waals surface area contributed by atoms with Crippen LogP contribution in [0.3, 0.4) is 0 Å². The number of aryl methyl sites for hydroxylation is 1. The smallest absolute Gasteiger partial charge is 0.329 e. The van der Waals surface area contributed by atoms with E-state index in [1.165, 1.54) is 5.56 Å². The number of nitrogens with one attached hydrogen (secondary N) is 1. The van der Waals surface area contributed by atoms with Gasteiger partial charge in [0.15, 0.2) is 0 Å². The molecular weight excluding hydrogens is 324 g/mol. The highest BCUT2D eigenvalue weighted by Crippen LogP contribution is 2.14. The molecule has 1 N–H and O–H groups in total. The summed E-state index contributed by atoms with van der Waals surface area (Å²) in [7, 11) is 0. The second kappa shape index (κ2) is 8.23. The lowest BCUT2D eigenvalue weighted by Crippen LogP contribution is -2.34. The van der Waals surface area contributed by atoms with Gasteiger partial charge in [-0.25, -0.2) is 4.79 Å². The Hall–Kier alpha value is -2.96. The van der Waals surface area contributed by atoms with Crippen LogP contribution in [0.25, 0.3) is 0 Å². The normalized spacial score (nSPS) is 13.5. The zero-order valence-corrected chi connectivity index (χ0v) is 14.2. The summed E-state index contributed by atoms with van der Waals surface area (Å²) in [5, 5.41) is 2.89. The van der Waals surface area contributed by atoms with Gasteiger partial charge in [0, 0.05) is 17.8 Å². The molecule has 1 aliphatic heterocycles. The van der Waals surface area contributed by atoms with Crippen LogP contribution in [0.4, 0.5) is 5.69 Å². The standard InChI is InChI=1S/C18H20N2O5/c1-12(2)3-4-13-5-7-14(8-6-13)19-15(21)11-18(24)25-20-16(22)9-10-17(20)23/h5-10,12H,3-4,11H2,1-2H3,(H,19,21). The minimum Gasteiger partial charge on any atom is -0.329 e. The number of benzene rings is 1. The van der Waals surface area contributed by atoms with Crippen molar-refractivity contribution in [1.82, 2.24) is 5.06 Å². The summed E-state index contributed by atoms with van der Waals surface area (Å²) in [6.45, 7) is 4.32. The van der Waals surface area contributed by atoms with Gasteiger partial charge < -0.3 is 10.2 Å². The fourth-order valence-corrected chi connectivity index (χ4v) is 2.16. The molecule has 0 saturated heterocycles. The molecule has 0 atom stereocenters. The molecule has 1 aliphatic rings. The van der Waals surface area contributed by atoms with Gasteiger partial charge in [-0.3, -0.25) is 14.4 Å². The number of imide groups is 1. The number of hydroxylamine groups is 2. The van der Waals surface area contributed by atoms with Crippen molar-refractivity contribution in [1.29, 1.82) is 0 Å². The van der Waals surface area contributed by atoms with Gasteiger partial charge in [0.25, 0.3) is 11.8 Å². The van der Waals surface area contributed by atoms with E-state index in [1.807, 2.05) is 12.1 Å². The lowest BCUT2D eigenvalue weighted by molar-refractivity contribution is -0.196. The summed E-state index contributed by atoms with van der Waals surface area (Å²) in [6, 6.07) is 7.36. The molecule has 0 aliphatic carbocycles. The maximum atomic E-state index is 11.8. The lowest BCUT2D eigenvalue weighted by atomic mass is 10.0. The van der Waals surface area contributed by atoms with Crippen molar-refractivity contribution >= 4 is 29.4 Å². The third kappa shape index (κ3) is 5.56. The van der Waals surface area contributed by atoms with Crippen LogP contribution < -0.4 is 5.32 Å². The van der Waals surface area contributed by atoms with Crippen molar-refractivity contribution < 1.29 is 24.0 Å². The van der Waals surface area contributed by atoms with E-state index in [-0.39, 0.29) is 0 Å². The Morgan fingerprint density at radius 3 is 2.24 bits per heavy atom. The van der Waals surface area contributed by atoms with Crippen LogP contribution in [0, 0.1) is 5.92 Å². The summed E-state index contributed by atoms with van der Waals surface area (Å²) in [4.78, 5) is 50.6. The number of carbonyl (C=O) groups excluding carboxylic acids is 4. The van der Waals surface area contributed by atoms with Crippen LogP contribution >= 0.6 is 0 Å². The van der Waals surface area contributed by atoms with Gasteiger partial charge in [-0.1, -0.05) is 31.0 Å². The fraction of sp³-hybridized carbons (Fsp3) is 0.333. The largest absolute Gasteiger partial charge is 0.342 e. The number of nitrogens with zero attached hydrogens (tertiary/aromatic N) is 1. The lowest BCUT2D eigenvalue weighted by Gasteiger charge is -2.12. The van der Waals surface area contributed by atoms with Crippen molar-refractivity contribution in [2.24, 2.45) is 5.92 Å². The third-order valence-corrected chi connectivity index (χ3v) is 3.51. The van der Waals surface area contributed by atoms with Gasteiger partial charge in [-0.15, -0.1) is 0 Å². The highest BCUT2D eigenvalue weighted by Gasteiger charge is 2.28. The van der Waals surface area contributed by atoms with Gasteiger partial charge in [0.1, 0.15) is 6.42 Å². The van der Waals surface area contributed by atoms with Crippen molar-refractivity contribution in [3.63, 3.8) is 0 Å². The predicted octanol–water partition coefficient (Wildman–Crippen LogP) is 1.99. The Morgan fingerprint density at radius 2 is 1.68 bits per heavy atom. The number of hydrogen-bond donors (Lipinski definition) is 1. The molecule has 0 bridgehead atoms. The van der Waals surface area contributed by atoms with E-state index >= 15 is 0 Å². The Bertz CT molecular complexity index is 689. The van der Waals surface area contributed by atoms with Gasteiger partial charge in [-0.2, -0.15) is 0 Å². The fourth-order valence-electron chi connectivity index (χ4n) is 2.16. The van der Waals surface area contributed by atoms with E-state index in [1.54, 1.807) is 12.1 Å². The van der Waals surface area contributed by atoms with Crippen LogP contribution in [-0.4, -0.2) is 28.8 Å². The third-order valence-electron chi connectivity index (χ3n) is 3.51. The maximum absolute atomic E-state index is 11.8. The van der Waals surface area contributed by atoms with E-state index in [0.29, 0.717) is 16.7 Å². The van der Waals surface area contributed by atoms with E-state index in [4.69, 9.17) is 0 Å². The Labute approximate surface area is 145 Å². The van der Waals surface area contributed by atoms with Crippen LogP contribution in [0.5, 0.6) is 0 Å². The molecule has 3 amide bonds. The highest BCUT2D eigenvalue weighted by atomic mass is 16.7.